The summed E-state index contributed by atoms with van der Waals surface area (Å²) in [4.78, 5) is 0. The fourth-order valence-electron chi connectivity index (χ4n) is 1.20. The zero-order valence-electron chi connectivity index (χ0n) is 7.76. The highest BCUT2D eigenvalue weighted by atomic mass is 79.9. The van der Waals surface area contributed by atoms with Crippen LogP contribution in [-0.4, -0.2) is 0 Å². The first-order chi connectivity index (χ1) is 6.09. The molecule has 0 saturated carbocycles. The Morgan fingerprint density at radius 3 is 2.46 bits per heavy atom. The fraction of sp³-hybridized carbons (Fsp3) is 0.273. The summed E-state index contributed by atoms with van der Waals surface area (Å²) in [6, 6.07) is 8.17. The fourth-order valence-corrected chi connectivity index (χ4v) is 1.47. The van der Waals surface area contributed by atoms with Gasteiger partial charge in [-0.15, -0.1) is 6.58 Å². The van der Waals surface area contributed by atoms with Gasteiger partial charge in [0.05, 0.1) is 0 Å². The van der Waals surface area contributed by atoms with Crippen LogP contribution in [-0.2, 0) is 0 Å². The first-order valence-electron chi connectivity index (χ1n) is 4.25. The SMILES string of the molecule is C=C(C)CC(N)c1ccc(Br)cc1. The van der Waals surface area contributed by atoms with Gasteiger partial charge in [0.15, 0.2) is 0 Å². The van der Waals surface area contributed by atoms with Gasteiger partial charge in [-0.2, -0.15) is 0 Å². The highest BCUT2D eigenvalue weighted by molar-refractivity contribution is 9.10. The predicted octanol–water partition coefficient (Wildman–Crippen LogP) is 3.42. The summed E-state index contributed by atoms with van der Waals surface area (Å²) in [6.45, 7) is 5.85. The average Bonchev–Trinajstić information content (AvgIpc) is 2.04. The van der Waals surface area contributed by atoms with E-state index in [4.69, 9.17) is 5.73 Å². The third kappa shape index (κ3) is 3.33. The molecule has 1 aromatic rings. The quantitative estimate of drug-likeness (QED) is 0.805. The minimum Gasteiger partial charge on any atom is -0.324 e. The molecule has 0 aliphatic rings. The van der Waals surface area contributed by atoms with Gasteiger partial charge in [0.2, 0.25) is 0 Å². The first kappa shape index (κ1) is 10.5. The summed E-state index contributed by atoms with van der Waals surface area (Å²) in [6.07, 6.45) is 0.849. The van der Waals surface area contributed by atoms with Gasteiger partial charge >= 0.3 is 0 Å². The van der Waals surface area contributed by atoms with Crippen LogP contribution in [0.5, 0.6) is 0 Å². The molecule has 1 aromatic carbocycles. The Bertz CT molecular complexity index is 289. The molecular formula is C11H14BrN. The second-order valence-electron chi connectivity index (χ2n) is 3.32. The molecule has 1 unspecified atom stereocenters. The molecule has 1 nitrogen and oxygen atoms in total. The zero-order valence-corrected chi connectivity index (χ0v) is 9.34. The van der Waals surface area contributed by atoms with E-state index in [2.05, 4.69) is 22.5 Å². The van der Waals surface area contributed by atoms with E-state index >= 15 is 0 Å². The molecule has 0 saturated heterocycles. The third-order valence-corrected chi connectivity index (χ3v) is 2.40. The molecule has 2 N–H and O–H groups in total. The smallest absolute Gasteiger partial charge is 0.0332 e. The van der Waals surface area contributed by atoms with E-state index in [1.165, 1.54) is 0 Å². The summed E-state index contributed by atoms with van der Waals surface area (Å²) >= 11 is 3.39. The van der Waals surface area contributed by atoms with Crippen molar-refractivity contribution in [1.82, 2.24) is 0 Å². The predicted molar refractivity (Wildman–Crippen MR) is 60.5 cm³/mol. The summed E-state index contributed by atoms with van der Waals surface area (Å²) in [7, 11) is 0. The van der Waals surface area contributed by atoms with E-state index in [9.17, 15) is 0 Å². The minimum absolute atomic E-state index is 0.0746. The van der Waals surface area contributed by atoms with E-state index in [0.717, 1.165) is 22.0 Å². The van der Waals surface area contributed by atoms with E-state index in [1.54, 1.807) is 0 Å². The van der Waals surface area contributed by atoms with Gasteiger partial charge in [-0.3, -0.25) is 0 Å². The molecule has 0 amide bonds. The van der Waals surface area contributed by atoms with Crippen molar-refractivity contribution in [3.05, 3.63) is 46.5 Å². The number of nitrogens with two attached hydrogens (primary N) is 1. The van der Waals surface area contributed by atoms with Gasteiger partial charge in [-0.25, -0.2) is 0 Å². The molecule has 0 fully saturated rings. The summed E-state index contributed by atoms with van der Waals surface area (Å²) < 4.78 is 1.08. The van der Waals surface area contributed by atoms with E-state index < -0.39 is 0 Å². The van der Waals surface area contributed by atoms with Crippen molar-refractivity contribution in [3.63, 3.8) is 0 Å². The Kier molecular flexibility index (Phi) is 3.70. The van der Waals surface area contributed by atoms with Gasteiger partial charge in [-0.05, 0) is 31.0 Å². The van der Waals surface area contributed by atoms with E-state index in [-0.39, 0.29) is 6.04 Å². The van der Waals surface area contributed by atoms with Crippen LogP contribution in [0.15, 0.2) is 40.9 Å². The lowest BCUT2D eigenvalue weighted by molar-refractivity contribution is 0.717. The monoisotopic (exact) mass is 239 g/mol. The van der Waals surface area contributed by atoms with Crippen LogP contribution >= 0.6 is 15.9 Å². The largest absolute Gasteiger partial charge is 0.324 e. The molecule has 0 bridgehead atoms. The second-order valence-corrected chi connectivity index (χ2v) is 4.23. The van der Waals surface area contributed by atoms with E-state index in [1.807, 2.05) is 31.2 Å². The van der Waals surface area contributed by atoms with Crippen LogP contribution in [0.25, 0.3) is 0 Å². The standard InChI is InChI=1S/C11H14BrN/c1-8(2)7-11(13)9-3-5-10(12)6-4-9/h3-6,11H,1,7,13H2,2H3. The van der Waals surface area contributed by atoms with Crippen LogP contribution in [0.2, 0.25) is 0 Å². The number of halogens is 1. The molecule has 0 heterocycles. The van der Waals surface area contributed by atoms with Gasteiger partial charge in [0.1, 0.15) is 0 Å². The van der Waals surface area contributed by atoms with Crippen molar-refractivity contribution >= 4 is 15.9 Å². The van der Waals surface area contributed by atoms with Crippen molar-refractivity contribution in [2.24, 2.45) is 5.73 Å². The lowest BCUT2D eigenvalue weighted by Gasteiger charge is -2.11. The second kappa shape index (κ2) is 4.58. The van der Waals surface area contributed by atoms with Gasteiger partial charge in [0, 0.05) is 10.5 Å². The van der Waals surface area contributed by atoms with Crippen molar-refractivity contribution in [2.75, 3.05) is 0 Å². The van der Waals surface area contributed by atoms with Crippen LogP contribution < -0.4 is 5.73 Å². The number of hydrogen-bond acceptors (Lipinski definition) is 1. The third-order valence-electron chi connectivity index (χ3n) is 1.87. The van der Waals surface area contributed by atoms with Crippen LogP contribution in [0, 0.1) is 0 Å². The number of rotatable bonds is 3. The maximum atomic E-state index is 5.97. The minimum atomic E-state index is 0.0746. The molecule has 0 aromatic heterocycles. The molecule has 70 valence electrons. The van der Waals surface area contributed by atoms with Crippen LogP contribution in [0.3, 0.4) is 0 Å². The van der Waals surface area contributed by atoms with Crippen molar-refractivity contribution in [1.29, 1.82) is 0 Å². The molecule has 1 rings (SSSR count). The average molecular weight is 240 g/mol. The molecule has 0 aliphatic heterocycles. The van der Waals surface area contributed by atoms with Crippen LogP contribution in [0.4, 0.5) is 0 Å². The Morgan fingerprint density at radius 2 is 2.00 bits per heavy atom. The Balaban J connectivity index is 2.71. The first-order valence-corrected chi connectivity index (χ1v) is 5.04. The molecule has 2 heteroatoms. The number of benzene rings is 1. The Labute approximate surface area is 87.8 Å². The molecule has 1 atom stereocenters. The zero-order chi connectivity index (χ0) is 9.84. The summed E-state index contributed by atoms with van der Waals surface area (Å²) in [5.41, 5.74) is 8.25. The summed E-state index contributed by atoms with van der Waals surface area (Å²) in [5.74, 6) is 0. The van der Waals surface area contributed by atoms with E-state index in [0.29, 0.717) is 0 Å². The van der Waals surface area contributed by atoms with Crippen LogP contribution in [0.1, 0.15) is 24.9 Å². The highest BCUT2D eigenvalue weighted by Crippen LogP contribution is 2.19. The lowest BCUT2D eigenvalue weighted by atomic mass is 10.0. The normalized spacial score (nSPS) is 12.5. The molecular weight excluding hydrogens is 226 g/mol. The van der Waals surface area contributed by atoms with Crippen molar-refractivity contribution in [3.8, 4) is 0 Å². The molecule has 0 radical (unpaired) electrons. The van der Waals surface area contributed by atoms with Gasteiger partial charge < -0.3 is 5.73 Å². The van der Waals surface area contributed by atoms with Crippen molar-refractivity contribution < 1.29 is 0 Å². The highest BCUT2D eigenvalue weighted by Gasteiger charge is 2.04. The van der Waals surface area contributed by atoms with Crippen molar-refractivity contribution in [2.45, 2.75) is 19.4 Å². The molecule has 0 aliphatic carbocycles. The summed E-state index contributed by atoms with van der Waals surface area (Å²) in [5, 5.41) is 0. The maximum Gasteiger partial charge on any atom is 0.0332 e. The Hall–Kier alpha value is -0.600. The van der Waals surface area contributed by atoms with Gasteiger partial charge in [0.25, 0.3) is 0 Å². The maximum absolute atomic E-state index is 5.97. The molecule has 13 heavy (non-hydrogen) atoms. The Morgan fingerprint density at radius 1 is 1.46 bits per heavy atom. The topological polar surface area (TPSA) is 26.0 Å². The molecule has 0 spiro atoms. The lowest BCUT2D eigenvalue weighted by Crippen LogP contribution is -2.09. The van der Waals surface area contributed by atoms with Gasteiger partial charge in [-0.1, -0.05) is 33.6 Å². The number of hydrogen-bond donors (Lipinski definition) is 1.